The molecule has 1 aliphatic rings. The average Bonchev–Trinajstić information content (AvgIpc) is 3.18. The van der Waals surface area contributed by atoms with Crippen LogP contribution >= 0.6 is 11.6 Å². The van der Waals surface area contributed by atoms with Crippen molar-refractivity contribution in [3.8, 4) is 5.75 Å². The topological polar surface area (TPSA) is 57.4 Å². The van der Waals surface area contributed by atoms with Crippen molar-refractivity contribution in [3.63, 3.8) is 0 Å². The molecule has 0 saturated carbocycles. The van der Waals surface area contributed by atoms with Gasteiger partial charge in [0.15, 0.2) is 0 Å². The molecule has 0 bridgehead atoms. The van der Waals surface area contributed by atoms with E-state index in [2.05, 4.69) is 28.5 Å². The van der Waals surface area contributed by atoms with Crippen molar-refractivity contribution in [3.05, 3.63) is 94.6 Å². The number of H-pyrrole nitrogens is 1. The lowest BCUT2D eigenvalue weighted by atomic mass is 9.92. The number of methoxy groups -OCH3 is 1. The number of urea groups is 1. The molecule has 6 heteroatoms. The highest BCUT2D eigenvalue weighted by molar-refractivity contribution is 6.30. The van der Waals surface area contributed by atoms with Crippen molar-refractivity contribution >= 4 is 34.2 Å². The van der Waals surface area contributed by atoms with Gasteiger partial charge in [0, 0.05) is 39.9 Å². The molecule has 0 fully saturated rings. The summed E-state index contributed by atoms with van der Waals surface area (Å²) in [5.74, 6) is 0.698. The molecule has 3 aromatic carbocycles. The number of carbonyl (C=O) groups is 1. The van der Waals surface area contributed by atoms with Crippen molar-refractivity contribution in [1.29, 1.82) is 0 Å². The smallest absolute Gasteiger partial charge is 0.322 e. The highest BCUT2D eigenvalue weighted by atomic mass is 35.5. The molecule has 0 radical (unpaired) electrons. The summed E-state index contributed by atoms with van der Waals surface area (Å²) in [7, 11) is 1.61. The number of hydrogen-bond donors (Lipinski definition) is 2. The summed E-state index contributed by atoms with van der Waals surface area (Å²) in [6.45, 7) is 0.609. The van der Waals surface area contributed by atoms with Crippen LogP contribution in [-0.4, -0.2) is 29.6 Å². The van der Waals surface area contributed by atoms with Crippen LogP contribution in [-0.2, 0) is 6.42 Å². The third-order valence-electron chi connectivity index (χ3n) is 5.80. The van der Waals surface area contributed by atoms with Gasteiger partial charge in [-0.1, -0.05) is 48.0 Å². The van der Waals surface area contributed by atoms with Crippen molar-refractivity contribution in [2.24, 2.45) is 0 Å². The Bertz CT molecular complexity index is 1250. The molecule has 1 aliphatic heterocycles. The van der Waals surface area contributed by atoms with Crippen molar-refractivity contribution in [2.75, 3.05) is 19.0 Å². The number of hydrogen-bond acceptors (Lipinski definition) is 2. The fourth-order valence-electron chi connectivity index (χ4n) is 4.35. The van der Waals surface area contributed by atoms with Crippen LogP contribution in [0.2, 0.25) is 5.02 Å². The molecular weight excluding hydrogens is 410 g/mol. The number of aromatic amines is 1. The van der Waals surface area contributed by atoms with E-state index in [1.807, 2.05) is 59.5 Å². The zero-order valence-corrected chi connectivity index (χ0v) is 17.8. The Morgan fingerprint density at radius 1 is 1.10 bits per heavy atom. The zero-order chi connectivity index (χ0) is 21.4. The Kier molecular flexibility index (Phi) is 5.04. The molecule has 0 aliphatic carbocycles. The third kappa shape index (κ3) is 3.62. The predicted molar refractivity (Wildman–Crippen MR) is 124 cm³/mol. The Hall–Kier alpha value is -3.44. The van der Waals surface area contributed by atoms with E-state index in [0.29, 0.717) is 23.0 Å². The van der Waals surface area contributed by atoms with Crippen LogP contribution in [0.15, 0.2) is 72.8 Å². The van der Waals surface area contributed by atoms with Gasteiger partial charge in [0.2, 0.25) is 0 Å². The van der Waals surface area contributed by atoms with Gasteiger partial charge in [0.1, 0.15) is 5.75 Å². The zero-order valence-electron chi connectivity index (χ0n) is 17.1. The van der Waals surface area contributed by atoms with E-state index in [9.17, 15) is 4.79 Å². The number of amides is 2. The molecule has 0 unspecified atom stereocenters. The number of fused-ring (bicyclic) bond motifs is 3. The number of carbonyl (C=O) groups excluding carboxylic acids is 1. The maximum absolute atomic E-state index is 13.4. The number of para-hydroxylation sites is 1. The lowest BCUT2D eigenvalue weighted by Crippen LogP contribution is -2.43. The molecule has 5 rings (SSSR count). The summed E-state index contributed by atoms with van der Waals surface area (Å²) in [4.78, 5) is 18.8. The average molecular weight is 432 g/mol. The minimum Gasteiger partial charge on any atom is -0.497 e. The highest BCUT2D eigenvalue weighted by Crippen LogP contribution is 2.39. The second kappa shape index (κ2) is 8.00. The van der Waals surface area contributed by atoms with Gasteiger partial charge in [-0.25, -0.2) is 4.79 Å². The van der Waals surface area contributed by atoms with E-state index in [1.54, 1.807) is 7.11 Å². The van der Waals surface area contributed by atoms with E-state index in [-0.39, 0.29) is 12.1 Å². The van der Waals surface area contributed by atoms with Gasteiger partial charge in [0.05, 0.1) is 13.2 Å². The van der Waals surface area contributed by atoms with Crippen molar-refractivity contribution in [1.82, 2.24) is 9.88 Å². The lowest BCUT2D eigenvalue weighted by Gasteiger charge is -2.36. The van der Waals surface area contributed by atoms with Gasteiger partial charge >= 0.3 is 6.03 Å². The first kappa shape index (κ1) is 19.5. The summed E-state index contributed by atoms with van der Waals surface area (Å²) < 4.78 is 5.28. The summed E-state index contributed by atoms with van der Waals surface area (Å²) in [6.07, 6.45) is 0.787. The van der Waals surface area contributed by atoms with Crippen LogP contribution in [0.25, 0.3) is 10.9 Å². The molecule has 156 valence electrons. The fraction of sp³-hybridized carbons (Fsp3) is 0.160. The summed E-state index contributed by atoms with van der Waals surface area (Å²) in [5.41, 5.74) is 5.11. The summed E-state index contributed by atoms with van der Waals surface area (Å²) in [6, 6.07) is 23.0. The Morgan fingerprint density at radius 3 is 2.71 bits per heavy atom. The van der Waals surface area contributed by atoms with Gasteiger partial charge in [-0.15, -0.1) is 0 Å². The van der Waals surface area contributed by atoms with Gasteiger partial charge in [0.25, 0.3) is 0 Å². The molecular formula is C25H22ClN3O2. The minimum absolute atomic E-state index is 0.155. The minimum atomic E-state index is -0.237. The maximum Gasteiger partial charge on any atom is 0.322 e. The Labute approximate surface area is 185 Å². The fourth-order valence-corrected chi connectivity index (χ4v) is 4.47. The molecule has 2 heterocycles. The van der Waals surface area contributed by atoms with Gasteiger partial charge < -0.3 is 19.9 Å². The number of benzene rings is 3. The van der Waals surface area contributed by atoms with Crippen molar-refractivity contribution < 1.29 is 9.53 Å². The number of aromatic nitrogens is 1. The monoisotopic (exact) mass is 431 g/mol. The van der Waals surface area contributed by atoms with E-state index in [4.69, 9.17) is 16.3 Å². The molecule has 0 spiro atoms. The molecule has 5 nitrogen and oxygen atoms in total. The van der Waals surface area contributed by atoms with Gasteiger partial charge in [-0.3, -0.25) is 0 Å². The van der Waals surface area contributed by atoms with Crippen molar-refractivity contribution in [2.45, 2.75) is 12.5 Å². The Morgan fingerprint density at radius 2 is 1.90 bits per heavy atom. The number of rotatable bonds is 3. The van der Waals surface area contributed by atoms with E-state index >= 15 is 0 Å². The maximum atomic E-state index is 13.4. The van der Waals surface area contributed by atoms with Gasteiger partial charge in [-0.05, 0) is 47.9 Å². The summed E-state index contributed by atoms with van der Waals surface area (Å²) in [5, 5.41) is 4.91. The van der Waals surface area contributed by atoms with Crippen LogP contribution in [0.1, 0.15) is 22.9 Å². The Balaban J connectivity index is 1.55. The first-order valence-corrected chi connectivity index (χ1v) is 10.6. The van der Waals surface area contributed by atoms with Crippen LogP contribution < -0.4 is 10.1 Å². The molecule has 2 N–H and O–H groups in total. The number of ether oxygens (including phenoxy) is 1. The largest absolute Gasteiger partial charge is 0.497 e. The second-order valence-electron chi connectivity index (χ2n) is 7.62. The van der Waals surface area contributed by atoms with Gasteiger partial charge in [-0.2, -0.15) is 0 Å². The first-order valence-electron chi connectivity index (χ1n) is 10.2. The predicted octanol–water partition coefficient (Wildman–Crippen LogP) is 6.01. The number of nitrogens with one attached hydrogen (secondary N) is 2. The number of anilines is 1. The van der Waals surface area contributed by atoms with Crippen LogP contribution in [0.5, 0.6) is 5.75 Å². The van der Waals surface area contributed by atoms with Crippen LogP contribution in [0.4, 0.5) is 10.5 Å². The summed E-state index contributed by atoms with van der Waals surface area (Å²) >= 11 is 6.14. The second-order valence-corrected chi connectivity index (χ2v) is 8.06. The molecule has 31 heavy (non-hydrogen) atoms. The quantitative estimate of drug-likeness (QED) is 0.417. The first-order chi connectivity index (χ1) is 15.1. The van der Waals surface area contributed by atoms with Crippen LogP contribution in [0.3, 0.4) is 0 Å². The molecule has 1 atom stereocenters. The lowest BCUT2D eigenvalue weighted by molar-refractivity contribution is 0.193. The number of halogens is 1. The highest BCUT2D eigenvalue weighted by Gasteiger charge is 2.34. The van der Waals surface area contributed by atoms with E-state index in [1.165, 1.54) is 10.9 Å². The number of nitrogens with zero attached hydrogens (tertiary/aromatic N) is 1. The molecule has 2 amide bonds. The normalized spacial score (nSPS) is 15.5. The standard InChI is InChI=1S/C25H22ClN3O2/c1-31-19-6-4-5-18(15-19)27-25(30)29-14-13-21-20-7-2-3-8-22(20)28-23(21)24(29)16-9-11-17(26)12-10-16/h2-12,15,24,28H,13-14H2,1H3,(H,27,30)/t24-/m0/s1. The van der Waals surface area contributed by atoms with E-state index in [0.717, 1.165) is 23.2 Å². The molecule has 1 aromatic heterocycles. The molecule has 4 aromatic rings. The molecule has 0 saturated heterocycles. The SMILES string of the molecule is COc1cccc(NC(=O)N2CCc3c([nH]c4ccccc34)[C@@H]2c2ccc(Cl)cc2)c1. The third-order valence-corrected chi connectivity index (χ3v) is 6.05. The van der Waals surface area contributed by atoms with E-state index < -0.39 is 0 Å². The van der Waals surface area contributed by atoms with Crippen LogP contribution in [0, 0.1) is 0 Å².